The van der Waals surface area contributed by atoms with Crippen molar-refractivity contribution in [2.75, 3.05) is 20.8 Å². The minimum Gasteiger partial charge on any atom is -0.496 e. The standard InChI is InChI=1S/C24H27N3O4.ClH/c1-30-19-7-3-5-16-15(19)10-9-14-13-25-18(21(14)16)11-12-27-23(28)17-6-4-8-20(31-2)22(17)26-24(27)29;/h3-8,14,18,21,25H,9-13H2,1-2H3,(H,26,29);1H/t14-,18?,21+;/m0./s1. The number of ether oxygens (including phenoxy) is 2. The highest BCUT2D eigenvalue weighted by molar-refractivity contribution is 5.85. The van der Waals surface area contributed by atoms with Crippen molar-refractivity contribution in [3.05, 3.63) is 68.4 Å². The number of aromatic amines is 1. The van der Waals surface area contributed by atoms with Gasteiger partial charge in [0.1, 0.15) is 11.5 Å². The average molecular weight is 458 g/mol. The van der Waals surface area contributed by atoms with Gasteiger partial charge in [-0.25, -0.2) is 4.79 Å². The van der Waals surface area contributed by atoms with Crippen LogP contribution in [0.25, 0.3) is 10.9 Å². The molecule has 0 bridgehead atoms. The highest BCUT2D eigenvalue weighted by Gasteiger charge is 2.40. The van der Waals surface area contributed by atoms with Crippen LogP contribution in [0.2, 0.25) is 0 Å². The monoisotopic (exact) mass is 457 g/mol. The number of benzene rings is 2. The zero-order valence-corrected chi connectivity index (χ0v) is 19.0. The van der Waals surface area contributed by atoms with Crippen molar-refractivity contribution in [1.29, 1.82) is 0 Å². The molecule has 3 aromatic rings. The number of hydrogen-bond donors (Lipinski definition) is 2. The highest BCUT2D eigenvalue weighted by Crippen LogP contribution is 2.45. The van der Waals surface area contributed by atoms with Crippen LogP contribution in [0.4, 0.5) is 0 Å². The predicted octanol–water partition coefficient (Wildman–Crippen LogP) is 2.84. The summed E-state index contributed by atoms with van der Waals surface area (Å²) in [5, 5.41) is 4.12. The van der Waals surface area contributed by atoms with Crippen LogP contribution >= 0.6 is 12.4 Å². The maximum absolute atomic E-state index is 13.0. The van der Waals surface area contributed by atoms with Gasteiger partial charge in [0.2, 0.25) is 0 Å². The lowest BCUT2D eigenvalue weighted by molar-refractivity contribution is 0.371. The second kappa shape index (κ2) is 9.00. The van der Waals surface area contributed by atoms with Crippen LogP contribution in [0.1, 0.15) is 29.9 Å². The molecule has 0 saturated carbocycles. The van der Waals surface area contributed by atoms with E-state index in [1.54, 1.807) is 25.3 Å². The SMILES string of the molecule is COc1cccc2c1CC[C@H]1CNC(CCn3c(=O)[nH]c4c(OC)cccc4c3=O)[C@@H]21.Cl. The fraction of sp³-hybridized carbons (Fsp3) is 0.417. The summed E-state index contributed by atoms with van der Waals surface area (Å²) in [7, 11) is 3.25. The molecule has 1 fully saturated rings. The van der Waals surface area contributed by atoms with Gasteiger partial charge in [-0.2, -0.15) is 0 Å². The van der Waals surface area contributed by atoms with E-state index in [4.69, 9.17) is 9.47 Å². The van der Waals surface area contributed by atoms with Crippen molar-refractivity contribution in [2.45, 2.75) is 37.8 Å². The molecule has 0 radical (unpaired) electrons. The Morgan fingerprint density at radius 3 is 2.59 bits per heavy atom. The van der Waals surface area contributed by atoms with E-state index in [0.717, 1.165) is 25.1 Å². The first-order valence-corrected chi connectivity index (χ1v) is 10.8. The molecule has 2 N–H and O–H groups in total. The molecule has 2 aliphatic rings. The van der Waals surface area contributed by atoms with Crippen molar-refractivity contribution >= 4 is 23.3 Å². The summed E-state index contributed by atoms with van der Waals surface area (Å²) in [6.45, 7) is 1.33. The van der Waals surface area contributed by atoms with E-state index in [1.807, 2.05) is 6.07 Å². The zero-order valence-electron chi connectivity index (χ0n) is 18.2. The van der Waals surface area contributed by atoms with Gasteiger partial charge in [-0.05, 0) is 61.1 Å². The first-order valence-electron chi connectivity index (χ1n) is 10.8. The smallest absolute Gasteiger partial charge is 0.328 e. The molecule has 5 rings (SSSR count). The van der Waals surface area contributed by atoms with E-state index < -0.39 is 5.69 Å². The summed E-state index contributed by atoms with van der Waals surface area (Å²) >= 11 is 0. The Labute approximate surface area is 192 Å². The maximum atomic E-state index is 13.0. The van der Waals surface area contributed by atoms with Crippen molar-refractivity contribution in [1.82, 2.24) is 14.9 Å². The molecular weight excluding hydrogens is 430 g/mol. The third kappa shape index (κ3) is 3.59. The van der Waals surface area contributed by atoms with Crippen LogP contribution in [-0.4, -0.2) is 36.4 Å². The van der Waals surface area contributed by atoms with E-state index >= 15 is 0 Å². The fourth-order valence-electron chi connectivity index (χ4n) is 5.49. The van der Waals surface area contributed by atoms with Gasteiger partial charge in [-0.1, -0.05) is 18.2 Å². The lowest BCUT2D eigenvalue weighted by Gasteiger charge is -2.32. The lowest BCUT2D eigenvalue weighted by Crippen LogP contribution is -2.38. The van der Waals surface area contributed by atoms with Crippen molar-refractivity contribution < 1.29 is 9.47 Å². The van der Waals surface area contributed by atoms with Crippen molar-refractivity contribution in [2.24, 2.45) is 5.92 Å². The van der Waals surface area contributed by atoms with Gasteiger partial charge in [0.25, 0.3) is 5.56 Å². The highest BCUT2D eigenvalue weighted by atomic mass is 35.5. The number of fused-ring (bicyclic) bond motifs is 4. The zero-order chi connectivity index (χ0) is 21.5. The Bertz CT molecular complexity index is 1250. The molecule has 1 saturated heterocycles. The number of hydrogen-bond acceptors (Lipinski definition) is 5. The third-order valence-electron chi connectivity index (χ3n) is 6.96. The Morgan fingerprint density at radius 1 is 1.06 bits per heavy atom. The summed E-state index contributed by atoms with van der Waals surface area (Å²) in [4.78, 5) is 28.6. The van der Waals surface area contributed by atoms with Crippen LogP contribution in [0.5, 0.6) is 11.5 Å². The molecular formula is C24H28ClN3O4. The van der Waals surface area contributed by atoms with E-state index in [1.165, 1.54) is 22.8 Å². The minimum absolute atomic E-state index is 0. The van der Waals surface area contributed by atoms with Crippen LogP contribution < -0.4 is 26.0 Å². The normalized spacial score (nSPS) is 21.5. The Balaban J connectivity index is 0.00000245. The Morgan fingerprint density at radius 2 is 1.81 bits per heavy atom. The van der Waals surface area contributed by atoms with Crippen LogP contribution in [0, 0.1) is 5.92 Å². The molecule has 1 aliphatic carbocycles. The van der Waals surface area contributed by atoms with Gasteiger partial charge in [0, 0.05) is 18.5 Å². The molecule has 0 amide bonds. The van der Waals surface area contributed by atoms with Crippen LogP contribution in [-0.2, 0) is 13.0 Å². The van der Waals surface area contributed by atoms with Crippen molar-refractivity contribution in [3.8, 4) is 11.5 Å². The number of aromatic nitrogens is 2. The van der Waals surface area contributed by atoms with Gasteiger partial charge in [0.15, 0.2) is 0 Å². The van der Waals surface area contributed by atoms with E-state index in [-0.39, 0.29) is 24.0 Å². The van der Waals surface area contributed by atoms with Gasteiger partial charge < -0.3 is 19.8 Å². The fourth-order valence-corrected chi connectivity index (χ4v) is 5.49. The molecule has 8 heteroatoms. The summed E-state index contributed by atoms with van der Waals surface area (Å²) < 4.78 is 12.2. The predicted molar refractivity (Wildman–Crippen MR) is 127 cm³/mol. The lowest BCUT2D eigenvalue weighted by atomic mass is 9.73. The largest absolute Gasteiger partial charge is 0.496 e. The Kier molecular flexibility index (Phi) is 6.31. The second-order valence-electron chi connectivity index (χ2n) is 8.43. The number of nitrogens with one attached hydrogen (secondary N) is 2. The van der Waals surface area contributed by atoms with Crippen LogP contribution in [0.15, 0.2) is 46.0 Å². The first kappa shape index (κ1) is 22.4. The minimum atomic E-state index is -0.401. The topological polar surface area (TPSA) is 85.3 Å². The number of H-pyrrole nitrogens is 1. The number of methoxy groups -OCH3 is 2. The number of nitrogens with zero attached hydrogens (tertiary/aromatic N) is 1. The summed E-state index contributed by atoms with van der Waals surface area (Å²) in [5.74, 6) is 2.39. The maximum Gasteiger partial charge on any atom is 0.328 e. The number of para-hydroxylation sites is 1. The molecule has 170 valence electrons. The van der Waals surface area contributed by atoms with E-state index in [9.17, 15) is 9.59 Å². The molecule has 1 aliphatic heterocycles. The molecule has 0 spiro atoms. The molecule has 1 unspecified atom stereocenters. The van der Waals surface area contributed by atoms with E-state index in [2.05, 4.69) is 22.4 Å². The summed E-state index contributed by atoms with van der Waals surface area (Å²) in [6, 6.07) is 11.7. The third-order valence-corrected chi connectivity index (χ3v) is 6.96. The molecule has 2 heterocycles. The summed E-state index contributed by atoms with van der Waals surface area (Å²) in [5.41, 5.74) is 2.41. The molecule has 7 nitrogen and oxygen atoms in total. The van der Waals surface area contributed by atoms with E-state index in [0.29, 0.717) is 41.5 Å². The van der Waals surface area contributed by atoms with Crippen LogP contribution in [0.3, 0.4) is 0 Å². The second-order valence-corrected chi connectivity index (χ2v) is 8.43. The molecule has 3 atom stereocenters. The number of rotatable bonds is 5. The molecule has 1 aromatic heterocycles. The number of halogens is 1. The molecule has 2 aromatic carbocycles. The van der Waals surface area contributed by atoms with Gasteiger partial charge in [0.05, 0.1) is 25.1 Å². The van der Waals surface area contributed by atoms with Gasteiger partial charge >= 0.3 is 5.69 Å². The van der Waals surface area contributed by atoms with Gasteiger partial charge in [-0.15, -0.1) is 12.4 Å². The summed E-state index contributed by atoms with van der Waals surface area (Å²) in [6.07, 6.45) is 2.86. The Hall–Kier alpha value is -2.77. The quantitative estimate of drug-likeness (QED) is 0.615. The first-order chi connectivity index (χ1) is 15.1. The van der Waals surface area contributed by atoms with Gasteiger partial charge in [-0.3, -0.25) is 9.36 Å². The van der Waals surface area contributed by atoms with Crippen molar-refractivity contribution in [3.63, 3.8) is 0 Å². The average Bonchev–Trinajstić information content (AvgIpc) is 3.21. The molecule has 32 heavy (non-hydrogen) atoms.